The minimum Gasteiger partial charge on any atom is -0.465 e. The summed E-state index contributed by atoms with van der Waals surface area (Å²) in [6.45, 7) is 3.29. The third-order valence-electron chi connectivity index (χ3n) is 3.90. The topological polar surface area (TPSA) is 128 Å². The van der Waals surface area contributed by atoms with Gasteiger partial charge in [0, 0.05) is 0 Å². The average molecular weight is 498 g/mol. The zero-order valence-corrected chi connectivity index (χ0v) is 17.9. The summed E-state index contributed by atoms with van der Waals surface area (Å²) in [4.78, 5) is 21.0. The molecule has 1 aromatic heterocycles. The van der Waals surface area contributed by atoms with Crippen LogP contribution in [-0.4, -0.2) is 22.4 Å². The van der Waals surface area contributed by atoms with Crippen molar-refractivity contribution in [2.45, 2.75) is 20.0 Å². The van der Waals surface area contributed by atoms with Gasteiger partial charge in [0.1, 0.15) is 29.1 Å². The maximum absolute atomic E-state index is 14.2. The summed E-state index contributed by atoms with van der Waals surface area (Å²) in [6, 6.07) is 11.1. The minimum atomic E-state index is -1.33. The van der Waals surface area contributed by atoms with E-state index in [0.29, 0.717) is 5.69 Å². The van der Waals surface area contributed by atoms with Crippen molar-refractivity contribution in [3.8, 4) is 11.3 Å². The molecule has 0 radical (unpaired) electrons. The fourth-order valence-electron chi connectivity index (χ4n) is 2.48. The third kappa shape index (κ3) is 6.51. The number of benzene rings is 2. The molecule has 3 rings (SSSR count). The van der Waals surface area contributed by atoms with Gasteiger partial charge < -0.3 is 20.1 Å². The largest absolute Gasteiger partial charge is 0.465 e. The van der Waals surface area contributed by atoms with Crippen LogP contribution in [0.15, 0.2) is 51.5 Å². The van der Waals surface area contributed by atoms with Crippen molar-refractivity contribution in [2.75, 3.05) is 5.32 Å². The molecule has 0 saturated carbocycles. The molecule has 0 aliphatic carbocycles. The second-order valence-electron chi connectivity index (χ2n) is 6.14. The summed E-state index contributed by atoms with van der Waals surface area (Å²) in [5, 5.41) is 13.4. The molecule has 0 fully saturated rings. The van der Waals surface area contributed by atoms with E-state index < -0.39 is 29.9 Å². The maximum atomic E-state index is 14.2. The number of amides is 2. The number of carbonyl (C=O) groups is 2. The number of nitrogens with zero attached hydrogens (tertiary/aromatic N) is 1. The minimum absolute atomic E-state index is 0.0226. The van der Waals surface area contributed by atoms with Gasteiger partial charge in [-0.1, -0.05) is 35.5 Å². The first-order valence-corrected chi connectivity index (χ1v) is 9.51. The molecule has 2 amide bonds. The van der Waals surface area contributed by atoms with Crippen molar-refractivity contribution in [3.05, 3.63) is 69.8 Å². The van der Waals surface area contributed by atoms with Crippen LogP contribution in [0.3, 0.4) is 0 Å². The highest BCUT2D eigenvalue weighted by Crippen LogP contribution is 2.35. The number of carbonyl (C=O) groups excluding carboxylic acids is 1. The van der Waals surface area contributed by atoms with Gasteiger partial charge >= 0.3 is 12.2 Å². The first-order chi connectivity index (χ1) is 14.6. The molecule has 8 nitrogen and oxygen atoms in total. The van der Waals surface area contributed by atoms with Crippen LogP contribution in [0, 0.1) is 18.6 Å². The number of hydrogen-bond acceptors (Lipinski definition) is 5. The number of primary amides is 1. The Labute approximate surface area is 184 Å². The summed E-state index contributed by atoms with van der Waals surface area (Å²) >= 11 is 2.92. The van der Waals surface area contributed by atoms with E-state index in [4.69, 9.17) is 19.2 Å². The molecule has 164 valence electrons. The molecule has 11 heteroatoms. The summed E-state index contributed by atoms with van der Waals surface area (Å²) in [5.74, 6) is -1.50. The van der Waals surface area contributed by atoms with E-state index in [-0.39, 0.29) is 21.5 Å². The molecule has 0 spiro atoms. The maximum Gasteiger partial charge on any atom is 0.412 e. The van der Waals surface area contributed by atoms with Gasteiger partial charge in [-0.15, -0.1) is 0 Å². The van der Waals surface area contributed by atoms with Gasteiger partial charge in [0.25, 0.3) is 0 Å². The van der Waals surface area contributed by atoms with Crippen LogP contribution in [0.25, 0.3) is 11.3 Å². The predicted molar refractivity (Wildman–Crippen MR) is 111 cm³/mol. The smallest absolute Gasteiger partial charge is 0.412 e. The van der Waals surface area contributed by atoms with Crippen molar-refractivity contribution in [2.24, 2.45) is 5.73 Å². The van der Waals surface area contributed by atoms with Gasteiger partial charge in [-0.3, -0.25) is 5.32 Å². The van der Waals surface area contributed by atoms with Crippen LogP contribution in [0.1, 0.15) is 24.3 Å². The van der Waals surface area contributed by atoms with Gasteiger partial charge in [0.15, 0.2) is 5.76 Å². The molecule has 31 heavy (non-hydrogen) atoms. The zero-order valence-electron chi connectivity index (χ0n) is 16.4. The van der Waals surface area contributed by atoms with Gasteiger partial charge in [-0.2, -0.15) is 0 Å². The van der Waals surface area contributed by atoms with Crippen LogP contribution < -0.4 is 11.1 Å². The summed E-state index contributed by atoms with van der Waals surface area (Å²) in [5.41, 5.74) is 5.09. The van der Waals surface area contributed by atoms with E-state index in [2.05, 4.69) is 32.1 Å². The van der Waals surface area contributed by atoms with E-state index in [1.807, 2.05) is 30.3 Å². The highest BCUT2D eigenvalue weighted by atomic mass is 79.9. The SMILES string of the molecule is Cc1noc(-c2cc(F)c(Br)cc2F)c1NC(=O)O[C@H](C)c1ccccc1.NC(=O)O. The lowest BCUT2D eigenvalue weighted by molar-refractivity contribution is 0.121. The van der Waals surface area contributed by atoms with E-state index in [1.54, 1.807) is 13.8 Å². The van der Waals surface area contributed by atoms with Crippen LogP contribution in [0.2, 0.25) is 0 Å². The number of ether oxygens (including phenoxy) is 1. The number of aromatic nitrogens is 1. The number of anilines is 1. The molecule has 0 aliphatic heterocycles. The molecule has 0 unspecified atom stereocenters. The molecule has 0 saturated heterocycles. The summed E-state index contributed by atoms with van der Waals surface area (Å²) in [7, 11) is 0. The number of carboxylic acid groups (broad SMARTS) is 1. The second kappa shape index (κ2) is 10.5. The Morgan fingerprint density at radius 1 is 1.23 bits per heavy atom. The highest BCUT2D eigenvalue weighted by molar-refractivity contribution is 9.10. The Morgan fingerprint density at radius 3 is 2.45 bits per heavy atom. The van der Waals surface area contributed by atoms with Crippen LogP contribution in [0.4, 0.5) is 24.1 Å². The monoisotopic (exact) mass is 497 g/mol. The standard InChI is InChI=1S/C19H15BrF2N2O3.CH3NO2/c1-10-17(23-19(25)26-11(2)12-6-4-3-5-7-12)18(27-24-10)13-8-16(22)14(20)9-15(13)21;2-1(3)4/h3-9,11H,1-2H3,(H,23,25);2H2,(H,3,4)/t11-;/m1./s1. The number of halogens is 3. The predicted octanol–water partition coefficient (Wildman–Crippen LogP) is 5.62. The fourth-order valence-corrected chi connectivity index (χ4v) is 2.80. The lowest BCUT2D eigenvalue weighted by Crippen LogP contribution is -2.16. The van der Waals surface area contributed by atoms with Crippen LogP contribution >= 0.6 is 15.9 Å². The van der Waals surface area contributed by atoms with Gasteiger partial charge in [0.05, 0.1) is 10.0 Å². The van der Waals surface area contributed by atoms with Crippen LogP contribution in [0.5, 0.6) is 0 Å². The van der Waals surface area contributed by atoms with Crippen molar-refractivity contribution in [3.63, 3.8) is 0 Å². The van der Waals surface area contributed by atoms with Crippen molar-refractivity contribution in [1.82, 2.24) is 5.16 Å². The first kappa shape index (κ1) is 23.8. The van der Waals surface area contributed by atoms with E-state index >= 15 is 0 Å². The van der Waals surface area contributed by atoms with E-state index in [0.717, 1.165) is 17.7 Å². The highest BCUT2D eigenvalue weighted by Gasteiger charge is 2.23. The molecule has 0 bridgehead atoms. The second-order valence-corrected chi connectivity index (χ2v) is 6.99. The molecular formula is C20H18BrF2N3O5. The molecule has 3 aromatic rings. The Bertz CT molecular complexity index is 1070. The summed E-state index contributed by atoms with van der Waals surface area (Å²) < 4.78 is 38.5. The average Bonchev–Trinajstić information content (AvgIpc) is 3.05. The van der Waals surface area contributed by atoms with Crippen molar-refractivity contribution >= 4 is 33.8 Å². The van der Waals surface area contributed by atoms with Crippen molar-refractivity contribution in [1.29, 1.82) is 0 Å². The Balaban J connectivity index is 0.000000785. The summed E-state index contributed by atoms with van der Waals surface area (Å²) in [6.07, 6.45) is -2.60. The van der Waals surface area contributed by atoms with Gasteiger partial charge in [0.2, 0.25) is 0 Å². The molecule has 4 N–H and O–H groups in total. The number of nitrogens with one attached hydrogen (secondary N) is 1. The molecule has 1 atom stereocenters. The molecule has 2 aromatic carbocycles. The third-order valence-corrected chi connectivity index (χ3v) is 4.50. The quantitative estimate of drug-likeness (QED) is 0.401. The fraction of sp³-hybridized carbons (Fsp3) is 0.150. The zero-order chi connectivity index (χ0) is 23.1. The lowest BCUT2D eigenvalue weighted by atomic mass is 10.1. The Hall–Kier alpha value is -3.47. The first-order valence-electron chi connectivity index (χ1n) is 8.72. The molecule has 0 aliphatic rings. The van der Waals surface area contributed by atoms with Gasteiger partial charge in [-0.25, -0.2) is 18.4 Å². The van der Waals surface area contributed by atoms with E-state index in [9.17, 15) is 13.6 Å². The molecular weight excluding hydrogens is 480 g/mol. The lowest BCUT2D eigenvalue weighted by Gasteiger charge is -2.14. The number of aryl methyl sites for hydroxylation is 1. The normalized spacial score (nSPS) is 11.1. The van der Waals surface area contributed by atoms with Gasteiger partial charge in [-0.05, 0) is 47.5 Å². The Kier molecular flexibility index (Phi) is 8.08. The Morgan fingerprint density at radius 2 is 1.84 bits per heavy atom. The van der Waals surface area contributed by atoms with E-state index in [1.165, 1.54) is 0 Å². The number of rotatable bonds is 4. The number of hydrogen-bond donors (Lipinski definition) is 3. The molecule has 1 heterocycles. The van der Waals surface area contributed by atoms with Crippen molar-refractivity contribution < 1.29 is 32.7 Å². The van der Waals surface area contributed by atoms with Crippen LogP contribution in [-0.2, 0) is 4.74 Å². The number of nitrogens with two attached hydrogens (primary N) is 1.